The van der Waals surface area contributed by atoms with Crippen molar-refractivity contribution in [3.63, 3.8) is 0 Å². The monoisotopic (exact) mass is 1410 g/mol. The van der Waals surface area contributed by atoms with E-state index >= 15 is 0 Å². The number of rotatable bonds is 75. The number of carbonyl (C=O) groups excluding carboxylic acids is 4. The lowest BCUT2D eigenvalue weighted by Gasteiger charge is -2.21. The minimum atomic E-state index is -4.96. The molecule has 0 aliphatic carbocycles. The summed E-state index contributed by atoms with van der Waals surface area (Å²) in [6, 6.07) is 0. The number of aliphatic hydroxyl groups is 1. The second kappa shape index (κ2) is 67.5. The van der Waals surface area contributed by atoms with Gasteiger partial charge in [0.1, 0.15) is 19.3 Å². The summed E-state index contributed by atoms with van der Waals surface area (Å²) in [7, 11) is -9.91. The van der Waals surface area contributed by atoms with Crippen LogP contribution in [0.5, 0.6) is 0 Å². The molecule has 0 fully saturated rings. The number of esters is 4. The van der Waals surface area contributed by atoms with Crippen molar-refractivity contribution in [2.24, 2.45) is 17.8 Å². The van der Waals surface area contributed by atoms with Gasteiger partial charge in [0.05, 0.1) is 26.4 Å². The van der Waals surface area contributed by atoms with E-state index in [-0.39, 0.29) is 25.7 Å². The Balaban J connectivity index is 5.20. The topological polar surface area (TPSA) is 237 Å². The summed E-state index contributed by atoms with van der Waals surface area (Å²) in [5, 5.41) is 10.6. The lowest BCUT2D eigenvalue weighted by molar-refractivity contribution is -0.161. The normalized spacial score (nSPS) is 14.1. The molecule has 0 saturated carbocycles. The van der Waals surface area contributed by atoms with Gasteiger partial charge in [-0.05, 0) is 43.4 Å². The van der Waals surface area contributed by atoms with E-state index in [1.54, 1.807) is 0 Å². The van der Waals surface area contributed by atoms with Crippen LogP contribution in [0.3, 0.4) is 0 Å². The highest BCUT2D eigenvalue weighted by Gasteiger charge is 2.30. The van der Waals surface area contributed by atoms with Crippen molar-refractivity contribution in [1.82, 2.24) is 0 Å². The smallest absolute Gasteiger partial charge is 0.462 e. The Morgan fingerprint density at radius 2 is 0.479 bits per heavy atom. The third kappa shape index (κ3) is 70.5. The third-order valence-electron chi connectivity index (χ3n) is 17.9. The van der Waals surface area contributed by atoms with Gasteiger partial charge in [-0.2, -0.15) is 0 Å². The molecule has 3 N–H and O–H groups in total. The maximum atomic E-state index is 13.1. The standard InChI is InChI=1S/C77H150O17P2/c1-8-9-10-11-12-13-30-37-44-51-58-74(79)87-65-73(94-77(82)61-54-47-40-33-36-43-50-57-70(6)7)67-92-96(85,86)90-63-71(78)62-89-95(83,84)91-66-72(64-88-75(80)59-52-45-38-31-26-23-22-25-29-35-42-49-56-69(4)5)93-76(81)60-53-46-39-32-27-21-19-17-15-14-16-18-20-24-28-34-41-48-55-68(2)3/h68-73,78H,8-67H2,1-7H3,(H,83,84)(H,85,86)/t71-,72-,73-/m1/s1. The summed E-state index contributed by atoms with van der Waals surface area (Å²) < 4.78 is 68.5. The first kappa shape index (κ1) is 94.1. The molecule has 19 heteroatoms. The van der Waals surface area contributed by atoms with Crippen molar-refractivity contribution in [2.45, 2.75) is 414 Å². The van der Waals surface area contributed by atoms with Gasteiger partial charge in [0.25, 0.3) is 0 Å². The molecule has 0 aromatic heterocycles. The molecule has 0 heterocycles. The lowest BCUT2D eigenvalue weighted by Crippen LogP contribution is -2.30. The number of phosphoric acid groups is 2. The minimum Gasteiger partial charge on any atom is -0.462 e. The maximum Gasteiger partial charge on any atom is 0.472 e. The number of unbranched alkanes of at least 4 members (excludes halogenated alkanes) is 43. The van der Waals surface area contributed by atoms with Crippen LogP contribution in [-0.2, 0) is 65.4 Å². The number of hydrogen-bond donors (Lipinski definition) is 3. The van der Waals surface area contributed by atoms with Crippen LogP contribution in [0, 0.1) is 17.8 Å². The van der Waals surface area contributed by atoms with Gasteiger partial charge in [0.2, 0.25) is 0 Å². The van der Waals surface area contributed by atoms with Crippen LogP contribution in [0.4, 0.5) is 0 Å². The van der Waals surface area contributed by atoms with Gasteiger partial charge in [-0.1, -0.05) is 344 Å². The van der Waals surface area contributed by atoms with Crippen molar-refractivity contribution < 1.29 is 80.2 Å². The Bertz CT molecular complexity index is 1870. The van der Waals surface area contributed by atoms with Gasteiger partial charge >= 0.3 is 39.5 Å². The molecule has 0 rings (SSSR count). The van der Waals surface area contributed by atoms with Crippen LogP contribution < -0.4 is 0 Å². The highest BCUT2D eigenvalue weighted by atomic mass is 31.2. The first-order valence-electron chi connectivity index (χ1n) is 39.8. The van der Waals surface area contributed by atoms with E-state index in [0.717, 1.165) is 102 Å². The zero-order valence-electron chi connectivity index (χ0n) is 62.8. The summed E-state index contributed by atoms with van der Waals surface area (Å²) in [6.45, 7) is 11.9. The zero-order chi connectivity index (χ0) is 70.9. The molecule has 0 aliphatic heterocycles. The van der Waals surface area contributed by atoms with Gasteiger partial charge in [0.15, 0.2) is 12.2 Å². The van der Waals surface area contributed by atoms with Crippen LogP contribution in [0.15, 0.2) is 0 Å². The Hall–Kier alpha value is -1.94. The molecule has 0 spiro atoms. The van der Waals surface area contributed by atoms with E-state index in [1.165, 1.54) is 205 Å². The number of ether oxygens (including phenoxy) is 4. The van der Waals surface area contributed by atoms with Crippen molar-refractivity contribution in [2.75, 3.05) is 39.6 Å². The second-order valence-electron chi connectivity index (χ2n) is 29.2. The van der Waals surface area contributed by atoms with Crippen LogP contribution in [0.25, 0.3) is 0 Å². The van der Waals surface area contributed by atoms with E-state index < -0.39 is 97.5 Å². The fourth-order valence-electron chi connectivity index (χ4n) is 11.8. The van der Waals surface area contributed by atoms with Gasteiger partial charge in [-0.15, -0.1) is 0 Å². The number of aliphatic hydroxyl groups excluding tert-OH is 1. The van der Waals surface area contributed by atoms with Crippen molar-refractivity contribution in [1.29, 1.82) is 0 Å². The molecule has 0 aromatic rings. The molecule has 0 aromatic carbocycles. The van der Waals surface area contributed by atoms with Gasteiger partial charge in [-0.25, -0.2) is 9.13 Å². The van der Waals surface area contributed by atoms with E-state index in [9.17, 15) is 43.2 Å². The maximum absolute atomic E-state index is 13.1. The quantitative estimate of drug-likeness (QED) is 0.0222. The Morgan fingerprint density at radius 3 is 0.708 bits per heavy atom. The van der Waals surface area contributed by atoms with Gasteiger partial charge in [0, 0.05) is 25.7 Å². The van der Waals surface area contributed by atoms with E-state index in [2.05, 4.69) is 48.5 Å². The minimum absolute atomic E-state index is 0.104. The summed E-state index contributed by atoms with van der Waals surface area (Å²) in [5.41, 5.74) is 0. The Morgan fingerprint density at radius 1 is 0.281 bits per heavy atom. The highest BCUT2D eigenvalue weighted by Crippen LogP contribution is 2.45. The molecule has 5 atom stereocenters. The van der Waals surface area contributed by atoms with Crippen LogP contribution in [0.1, 0.15) is 395 Å². The molecular formula is C77H150O17P2. The SMILES string of the molecule is CCCCCCCCCCCCC(=O)OC[C@H](COP(=O)(O)OC[C@H](O)COP(=O)(O)OC[C@@H](COC(=O)CCCCCCCCCCCCCCC(C)C)OC(=O)CCCCCCCCCCCCCCCCCCCCC(C)C)OC(=O)CCCCCCCCCC(C)C. The summed E-state index contributed by atoms with van der Waals surface area (Å²) in [6.07, 6.45) is 54.3. The summed E-state index contributed by atoms with van der Waals surface area (Å²) in [5.74, 6) is 0.179. The fourth-order valence-corrected chi connectivity index (χ4v) is 13.4. The molecule has 0 amide bonds. The molecule has 0 aliphatic rings. The van der Waals surface area contributed by atoms with Crippen molar-refractivity contribution in [3.05, 3.63) is 0 Å². The largest absolute Gasteiger partial charge is 0.472 e. The van der Waals surface area contributed by atoms with E-state index in [0.29, 0.717) is 31.6 Å². The number of hydrogen-bond acceptors (Lipinski definition) is 15. The van der Waals surface area contributed by atoms with Crippen molar-refractivity contribution in [3.8, 4) is 0 Å². The molecular weight excluding hydrogens is 1260 g/mol. The second-order valence-corrected chi connectivity index (χ2v) is 32.1. The van der Waals surface area contributed by atoms with E-state index in [4.69, 9.17) is 37.0 Å². The van der Waals surface area contributed by atoms with Crippen LogP contribution >= 0.6 is 15.6 Å². The number of carbonyl (C=O) groups is 4. The molecule has 0 saturated heterocycles. The van der Waals surface area contributed by atoms with E-state index in [1.807, 2.05) is 0 Å². The average molecular weight is 1410 g/mol. The number of phosphoric ester groups is 2. The molecule has 17 nitrogen and oxygen atoms in total. The first-order valence-corrected chi connectivity index (χ1v) is 42.8. The molecule has 96 heavy (non-hydrogen) atoms. The molecule has 0 bridgehead atoms. The van der Waals surface area contributed by atoms with Gasteiger partial charge in [-0.3, -0.25) is 37.3 Å². The summed E-state index contributed by atoms with van der Waals surface area (Å²) in [4.78, 5) is 72.8. The average Bonchev–Trinajstić information content (AvgIpc) is 1.29. The predicted octanol–water partition coefficient (Wildman–Crippen LogP) is 22.6. The first-order chi connectivity index (χ1) is 46.2. The summed E-state index contributed by atoms with van der Waals surface area (Å²) >= 11 is 0. The lowest BCUT2D eigenvalue weighted by atomic mass is 10.0. The molecule has 0 radical (unpaired) electrons. The van der Waals surface area contributed by atoms with Crippen LogP contribution in [0.2, 0.25) is 0 Å². The molecule has 570 valence electrons. The Labute approximate surface area is 588 Å². The van der Waals surface area contributed by atoms with Gasteiger partial charge < -0.3 is 33.8 Å². The Kier molecular flexibility index (Phi) is 66.2. The van der Waals surface area contributed by atoms with Crippen molar-refractivity contribution >= 4 is 39.5 Å². The highest BCUT2D eigenvalue weighted by molar-refractivity contribution is 7.47. The third-order valence-corrected chi connectivity index (χ3v) is 19.8. The van der Waals surface area contributed by atoms with Crippen LogP contribution in [-0.4, -0.2) is 96.7 Å². The zero-order valence-corrected chi connectivity index (χ0v) is 64.6. The fraction of sp³-hybridized carbons (Fsp3) is 0.948. The predicted molar refractivity (Wildman–Crippen MR) is 391 cm³/mol. The molecule has 2 unspecified atom stereocenters.